The van der Waals surface area contributed by atoms with Crippen LogP contribution in [0.5, 0.6) is 0 Å². The van der Waals surface area contributed by atoms with Crippen LogP contribution in [0, 0.1) is 0 Å². The number of thiol groups is 1. The lowest BCUT2D eigenvalue weighted by atomic mass is 10.5. The molecule has 1 aliphatic heterocycles. The maximum atomic E-state index is 5.83. The molecular weight excluding hydrogens is 472 g/mol. The zero-order valence-electron chi connectivity index (χ0n) is 14.2. The van der Waals surface area contributed by atoms with Crippen molar-refractivity contribution >= 4 is 54.0 Å². The summed E-state index contributed by atoms with van der Waals surface area (Å²) in [5.74, 6) is 0.314. The molecule has 5 aromatic heterocycles. The first-order valence-corrected chi connectivity index (χ1v) is 12.6. The fraction of sp³-hybridized carbons (Fsp3) is 0. The molecule has 0 aliphatic carbocycles. The van der Waals surface area contributed by atoms with E-state index in [9.17, 15) is 0 Å². The first-order valence-electron chi connectivity index (χ1n) is 7.91. The topological polar surface area (TPSA) is 180 Å². The molecule has 0 saturated heterocycles. The minimum atomic E-state index is -4.34. The van der Waals surface area contributed by atoms with Crippen molar-refractivity contribution < 1.29 is 9.05 Å². The first kappa shape index (κ1) is 17.5. The fourth-order valence-corrected chi connectivity index (χ4v) is 10.5. The van der Waals surface area contributed by atoms with Gasteiger partial charge >= 0.3 is 0 Å². The zero-order chi connectivity index (χ0) is 20.0. The average Bonchev–Trinajstić information content (AvgIpc) is 3.63. The summed E-state index contributed by atoms with van der Waals surface area (Å²) in [4.78, 5) is 4.37. The van der Waals surface area contributed by atoms with E-state index in [2.05, 4.69) is 58.4 Å². The Morgan fingerprint density at radius 2 is 1.93 bits per heavy atom. The average molecular weight is 479 g/mol. The number of rotatable bonds is 5. The molecule has 6 heterocycles. The normalized spacial score (nSPS) is 18.5. The van der Waals surface area contributed by atoms with Gasteiger partial charge in [-0.1, -0.05) is 18.8 Å². The van der Waals surface area contributed by atoms with Gasteiger partial charge in [0.2, 0.25) is 6.39 Å². The maximum Gasteiger partial charge on any atom is 0.263 e. The summed E-state index contributed by atoms with van der Waals surface area (Å²) in [7, 11) is -4.34. The summed E-state index contributed by atoms with van der Waals surface area (Å²) in [5, 5.41) is 33.0. The number of hydrogen-bond donors (Lipinski definition) is 1. The van der Waals surface area contributed by atoms with Gasteiger partial charge in [-0.3, -0.25) is 0 Å². The summed E-state index contributed by atoms with van der Waals surface area (Å²) in [6, 6.07) is 0. The summed E-state index contributed by atoms with van der Waals surface area (Å²) in [6.45, 7) is 0. The second kappa shape index (κ2) is 6.32. The van der Waals surface area contributed by atoms with Crippen molar-refractivity contribution in [3.8, 4) is 0 Å². The molecule has 5 aromatic rings. The van der Waals surface area contributed by atoms with Gasteiger partial charge in [0.05, 0.1) is 17.9 Å². The van der Waals surface area contributed by atoms with Crippen LogP contribution in [0.4, 0.5) is 0 Å². The van der Waals surface area contributed by atoms with Gasteiger partial charge in [0.1, 0.15) is 27.5 Å². The van der Waals surface area contributed by atoms with Crippen molar-refractivity contribution in [2.24, 2.45) is 10.2 Å². The highest BCUT2D eigenvalue weighted by Crippen LogP contribution is 2.88. The van der Waals surface area contributed by atoms with E-state index < -0.39 is 9.16 Å². The van der Waals surface area contributed by atoms with Crippen LogP contribution in [0.3, 0.4) is 0 Å². The molecule has 0 unspecified atom stereocenters. The van der Waals surface area contributed by atoms with E-state index in [4.69, 9.17) is 9.05 Å². The van der Waals surface area contributed by atoms with Gasteiger partial charge in [-0.15, -0.1) is 25.5 Å². The summed E-state index contributed by atoms with van der Waals surface area (Å²) >= 11 is 3.31. The minimum absolute atomic E-state index is 0.155. The van der Waals surface area contributed by atoms with Crippen molar-refractivity contribution in [1.29, 1.82) is 0 Å². The van der Waals surface area contributed by atoms with Crippen LogP contribution >= 0.6 is 44.0 Å². The van der Waals surface area contributed by atoms with Crippen molar-refractivity contribution in [3.05, 3.63) is 41.2 Å². The van der Waals surface area contributed by atoms with Crippen LogP contribution < -0.4 is 0 Å². The third-order valence-corrected chi connectivity index (χ3v) is 11.7. The quantitative estimate of drug-likeness (QED) is 0.359. The second-order valence-corrected chi connectivity index (χ2v) is 11.9. The molecule has 0 radical (unpaired) electrons. The lowest BCUT2D eigenvalue weighted by molar-refractivity contribution is 0.298. The fourth-order valence-electron chi connectivity index (χ4n) is 3.43. The highest BCUT2D eigenvalue weighted by molar-refractivity contribution is 8.70. The van der Waals surface area contributed by atoms with E-state index >= 15 is 0 Å². The van der Waals surface area contributed by atoms with Crippen molar-refractivity contribution in [1.82, 2.24) is 48.2 Å². The molecule has 6 rings (SSSR count). The van der Waals surface area contributed by atoms with Gasteiger partial charge in [-0.25, -0.2) is 9.61 Å². The summed E-state index contributed by atoms with van der Waals surface area (Å²) < 4.78 is 27.8. The predicted octanol–water partition coefficient (Wildman–Crippen LogP) is 1.38. The monoisotopic (exact) mass is 478 g/mol. The van der Waals surface area contributed by atoms with Gasteiger partial charge in [-0.05, 0) is 28.2 Å². The van der Waals surface area contributed by atoms with Gasteiger partial charge in [-0.2, -0.15) is 13.1 Å². The third-order valence-electron chi connectivity index (χ3n) is 4.58. The number of aromatic nitrogens is 10. The largest absolute Gasteiger partial charge is 0.420 e. The van der Waals surface area contributed by atoms with Gasteiger partial charge < -0.3 is 4.42 Å². The molecule has 14 nitrogen and oxygen atoms in total. The van der Waals surface area contributed by atoms with E-state index in [-0.39, 0.29) is 5.22 Å². The van der Waals surface area contributed by atoms with Crippen LogP contribution in [0.1, 0.15) is 11.5 Å². The predicted molar refractivity (Wildman–Crippen MR) is 105 cm³/mol. The first-order chi connectivity index (χ1) is 14.9. The van der Waals surface area contributed by atoms with Crippen LogP contribution in [0.25, 0.3) is 0 Å². The molecular formula is C12H6N12O2S4. The molecule has 0 saturated carbocycles. The Balaban J connectivity index is 1.87. The maximum absolute atomic E-state index is 5.83. The molecule has 30 heavy (non-hydrogen) atoms. The highest BCUT2D eigenvalue weighted by atomic mass is 32.3. The van der Waals surface area contributed by atoms with Crippen LogP contribution in [0.2, 0.25) is 0 Å². The van der Waals surface area contributed by atoms with Crippen LogP contribution in [0.15, 0.2) is 64.2 Å². The van der Waals surface area contributed by atoms with Crippen LogP contribution in [-0.2, 0) is 0 Å². The summed E-state index contributed by atoms with van der Waals surface area (Å²) in [5.41, 5.74) is 2.03. The van der Waals surface area contributed by atoms with E-state index in [1.807, 2.05) is 0 Å². The Labute approximate surface area is 177 Å². The molecule has 0 atom stereocenters. The van der Waals surface area contributed by atoms with Gasteiger partial charge in [0.25, 0.3) is 5.22 Å². The van der Waals surface area contributed by atoms with E-state index in [1.54, 1.807) is 17.1 Å². The Bertz CT molecular complexity index is 1200. The second-order valence-electron chi connectivity index (χ2n) is 5.76. The Kier molecular flexibility index (Phi) is 3.69. The molecule has 1 aliphatic rings. The minimum Gasteiger partial charge on any atom is -0.420 e. The molecule has 18 heteroatoms. The SMILES string of the molecule is c1nnc([SH]2(c3csnn3)(c3cnon3)C(c3cnsn3)=NN=C2c2ncsn2)o1. The Morgan fingerprint density at radius 1 is 0.967 bits per heavy atom. The van der Waals surface area contributed by atoms with E-state index in [1.165, 1.54) is 12.6 Å². The smallest absolute Gasteiger partial charge is 0.263 e. The Morgan fingerprint density at radius 3 is 2.60 bits per heavy atom. The van der Waals surface area contributed by atoms with Gasteiger partial charge in [0.15, 0.2) is 15.9 Å². The molecule has 150 valence electrons. The van der Waals surface area contributed by atoms with Crippen molar-refractivity contribution in [2.75, 3.05) is 0 Å². The standard InChI is InChI=1S/C12H6N12O2S4/c1-6(22-29-16-1)10-18-19-11(9-13-5-28-23-9)30(10,7-2-15-26-21-7,8-3-27-24-17-8)12-20-14-4-25-12/h1-5,30H. The van der Waals surface area contributed by atoms with Gasteiger partial charge in [0, 0.05) is 5.38 Å². The van der Waals surface area contributed by atoms with E-state index in [0.29, 0.717) is 31.7 Å². The molecule has 0 aromatic carbocycles. The van der Waals surface area contributed by atoms with Crippen LogP contribution in [-0.4, -0.2) is 58.3 Å². The lowest BCUT2D eigenvalue weighted by Gasteiger charge is -2.50. The molecule has 0 bridgehead atoms. The van der Waals surface area contributed by atoms with Crippen molar-refractivity contribution in [3.63, 3.8) is 0 Å². The van der Waals surface area contributed by atoms with E-state index in [0.717, 1.165) is 34.8 Å². The third kappa shape index (κ3) is 1.92. The van der Waals surface area contributed by atoms with Crippen molar-refractivity contribution in [2.45, 2.75) is 15.3 Å². The number of nitrogens with zero attached hydrogens (tertiary/aromatic N) is 12. The number of hydrogen-bond acceptors (Lipinski definition) is 17. The molecule has 0 spiro atoms. The Hall–Kier alpha value is -3.35. The molecule has 0 fully saturated rings. The summed E-state index contributed by atoms with van der Waals surface area (Å²) in [6.07, 6.45) is 4.23. The zero-order valence-corrected chi connectivity index (χ0v) is 17.6. The lowest BCUT2D eigenvalue weighted by Crippen LogP contribution is -2.36. The molecule has 0 N–H and O–H groups in total. The highest BCUT2D eigenvalue weighted by Gasteiger charge is 2.67. The molecule has 0 amide bonds.